The Labute approximate surface area is 133 Å². The molecule has 0 saturated carbocycles. The van der Waals surface area contributed by atoms with Crippen molar-refractivity contribution in [3.63, 3.8) is 0 Å². The molecule has 2 rings (SSSR count). The zero-order valence-electron chi connectivity index (χ0n) is 12.9. The second kappa shape index (κ2) is 7.74. The maximum atomic E-state index is 11.7. The summed E-state index contributed by atoms with van der Waals surface area (Å²) >= 11 is 1.32. The molecular formula is C15H19N3O3S. The molecule has 2 aromatic rings. The summed E-state index contributed by atoms with van der Waals surface area (Å²) in [6, 6.07) is 5.48. The van der Waals surface area contributed by atoms with Gasteiger partial charge < -0.3 is 14.8 Å². The normalized spacial score (nSPS) is 10.3. The Balaban J connectivity index is 2.16. The first-order valence-electron chi connectivity index (χ1n) is 7.03. The van der Waals surface area contributed by atoms with Gasteiger partial charge in [-0.2, -0.15) is 0 Å². The van der Waals surface area contributed by atoms with Crippen LogP contribution < -0.4 is 14.8 Å². The summed E-state index contributed by atoms with van der Waals surface area (Å²) < 4.78 is 10.5. The molecule has 0 unspecified atom stereocenters. The van der Waals surface area contributed by atoms with Crippen LogP contribution in [0.1, 0.15) is 26.2 Å². The molecule has 22 heavy (non-hydrogen) atoms. The monoisotopic (exact) mass is 321 g/mol. The van der Waals surface area contributed by atoms with E-state index in [1.807, 2.05) is 19.1 Å². The molecule has 118 valence electrons. The van der Waals surface area contributed by atoms with Gasteiger partial charge in [-0.25, -0.2) is 0 Å². The molecule has 0 bridgehead atoms. The summed E-state index contributed by atoms with van der Waals surface area (Å²) in [4.78, 5) is 11.7. The second-order valence-electron chi connectivity index (χ2n) is 4.63. The van der Waals surface area contributed by atoms with E-state index in [-0.39, 0.29) is 5.91 Å². The number of rotatable bonds is 7. The molecule has 1 amide bonds. The van der Waals surface area contributed by atoms with E-state index in [9.17, 15) is 4.79 Å². The SMILES string of the molecule is CCCCC(=O)Nc1nnc(-c2ccc(OC)cc2OC)s1. The maximum absolute atomic E-state index is 11.7. The summed E-state index contributed by atoms with van der Waals surface area (Å²) in [5.74, 6) is 1.32. The fraction of sp³-hybridized carbons (Fsp3) is 0.400. The van der Waals surface area contributed by atoms with Crippen molar-refractivity contribution >= 4 is 22.4 Å². The number of anilines is 1. The molecule has 0 radical (unpaired) electrons. The number of unbranched alkanes of at least 4 members (excludes halogenated alkanes) is 1. The van der Waals surface area contributed by atoms with Crippen LogP contribution >= 0.6 is 11.3 Å². The van der Waals surface area contributed by atoms with Crippen molar-refractivity contribution in [2.24, 2.45) is 0 Å². The van der Waals surface area contributed by atoms with Gasteiger partial charge in [-0.15, -0.1) is 10.2 Å². The molecule has 1 N–H and O–H groups in total. The predicted molar refractivity (Wildman–Crippen MR) is 86.6 cm³/mol. The Morgan fingerprint density at radius 1 is 1.27 bits per heavy atom. The molecule has 0 spiro atoms. The van der Waals surface area contributed by atoms with Gasteiger partial charge in [0.2, 0.25) is 11.0 Å². The van der Waals surface area contributed by atoms with Gasteiger partial charge in [0.25, 0.3) is 0 Å². The van der Waals surface area contributed by atoms with Gasteiger partial charge in [0.1, 0.15) is 11.5 Å². The number of nitrogens with one attached hydrogen (secondary N) is 1. The third kappa shape index (κ3) is 3.94. The van der Waals surface area contributed by atoms with E-state index < -0.39 is 0 Å². The zero-order chi connectivity index (χ0) is 15.9. The van der Waals surface area contributed by atoms with Crippen molar-refractivity contribution in [3.05, 3.63) is 18.2 Å². The van der Waals surface area contributed by atoms with Crippen LogP contribution in [0.25, 0.3) is 10.6 Å². The van der Waals surface area contributed by atoms with Gasteiger partial charge in [-0.3, -0.25) is 4.79 Å². The lowest BCUT2D eigenvalue weighted by atomic mass is 10.2. The molecule has 6 nitrogen and oxygen atoms in total. The van der Waals surface area contributed by atoms with Crippen LogP contribution in [0.4, 0.5) is 5.13 Å². The van der Waals surface area contributed by atoms with Crippen molar-refractivity contribution in [2.75, 3.05) is 19.5 Å². The Morgan fingerprint density at radius 2 is 2.09 bits per heavy atom. The van der Waals surface area contributed by atoms with E-state index in [0.717, 1.165) is 18.4 Å². The summed E-state index contributed by atoms with van der Waals surface area (Å²) in [6.45, 7) is 2.05. The highest BCUT2D eigenvalue weighted by Gasteiger charge is 2.14. The summed E-state index contributed by atoms with van der Waals surface area (Å²) in [6.07, 6.45) is 2.35. The Morgan fingerprint density at radius 3 is 2.77 bits per heavy atom. The first-order valence-corrected chi connectivity index (χ1v) is 7.85. The number of carbonyl (C=O) groups excluding carboxylic acids is 1. The number of methoxy groups -OCH3 is 2. The fourth-order valence-corrected chi connectivity index (χ4v) is 2.67. The van der Waals surface area contributed by atoms with Crippen LogP contribution in [0.3, 0.4) is 0 Å². The number of ether oxygens (including phenoxy) is 2. The first-order chi connectivity index (χ1) is 10.7. The molecule has 1 aromatic carbocycles. The Bertz CT molecular complexity index is 643. The standard InChI is InChI=1S/C15H19N3O3S/c1-4-5-6-13(19)16-15-18-17-14(22-15)11-8-7-10(20-2)9-12(11)21-3/h7-9H,4-6H2,1-3H3,(H,16,18,19). The van der Waals surface area contributed by atoms with Crippen LogP contribution in [0, 0.1) is 0 Å². The number of carbonyl (C=O) groups is 1. The van der Waals surface area contributed by atoms with Crippen molar-refractivity contribution in [1.82, 2.24) is 10.2 Å². The lowest BCUT2D eigenvalue weighted by molar-refractivity contribution is -0.116. The molecule has 0 saturated heterocycles. The third-order valence-corrected chi connectivity index (χ3v) is 3.94. The number of nitrogens with zero attached hydrogens (tertiary/aromatic N) is 2. The predicted octanol–water partition coefficient (Wildman–Crippen LogP) is 3.35. The van der Waals surface area contributed by atoms with E-state index >= 15 is 0 Å². The average Bonchev–Trinajstić information content (AvgIpc) is 3.00. The fourth-order valence-electron chi connectivity index (χ4n) is 1.88. The number of amides is 1. The van der Waals surface area contributed by atoms with Gasteiger partial charge in [0.05, 0.1) is 19.8 Å². The molecule has 0 aliphatic rings. The quantitative estimate of drug-likeness (QED) is 0.846. The van der Waals surface area contributed by atoms with Gasteiger partial charge in [-0.1, -0.05) is 24.7 Å². The van der Waals surface area contributed by atoms with E-state index in [2.05, 4.69) is 15.5 Å². The molecule has 7 heteroatoms. The van der Waals surface area contributed by atoms with Gasteiger partial charge in [0.15, 0.2) is 5.01 Å². The second-order valence-corrected chi connectivity index (χ2v) is 5.61. The smallest absolute Gasteiger partial charge is 0.226 e. The summed E-state index contributed by atoms with van der Waals surface area (Å²) in [5.41, 5.74) is 0.815. The number of hydrogen-bond acceptors (Lipinski definition) is 6. The summed E-state index contributed by atoms with van der Waals surface area (Å²) in [7, 11) is 3.19. The molecular weight excluding hydrogens is 302 g/mol. The molecule has 1 aromatic heterocycles. The van der Waals surface area contributed by atoms with Crippen molar-refractivity contribution in [1.29, 1.82) is 0 Å². The van der Waals surface area contributed by atoms with E-state index in [4.69, 9.17) is 9.47 Å². The Kier molecular flexibility index (Phi) is 5.71. The minimum atomic E-state index is -0.0359. The van der Waals surface area contributed by atoms with Crippen LogP contribution in [0.15, 0.2) is 18.2 Å². The van der Waals surface area contributed by atoms with E-state index in [0.29, 0.717) is 28.1 Å². The van der Waals surface area contributed by atoms with Crippen molar-refractivity contribution in [3.8, 4) is 22.1 Å². The van der Waals surface area contributed by atoms with E-state index in [1.54, 1.807) is 20.3 Å². The molecule has 0 atom stereocenters. The van der Waals surface area contributed by atoms with Crippen LogP contribution in [-0.4, -0.2) is 30.3 Å². The highest BCUT2D eigenvalue weighted by atomic mass is 32.1. The molecule has 1 heterocycles. The highest BCUT2D eigenvalue weighted by molar-refractivity contribution is 7.18. The number of aromatic nitrogens is 2. The van der Waals surface area contributed by atoms with Crippen LogP contribution in [0.5, 0.6) is 11.5 Å². The Hall–Kier alpha value is -2.15. The van der Waals surface area contributed by atoms with Gasteiger partial charge in [-0.05, 0) is 18.6 Å². The maximum Gasteiger partial charge on any atom is 0.226 e. The topological polar surface area (TPSA) is 73.3 Å². The first kappa shape index (κ1) is 16.2. The van der Waals surface area contributed by atoms with Crippen LogP contribution in [-0.2, 0) is 4.79 Å². The van der Waals surface area contributed by atoms with E-state index in [1.165, 1.54) is 11.3 Å². The minimum Gasteiger partial charge on any atom is -0.497 e. The van der Waals surface area contributed by atoms with Gasteiger partial charge >= 0.3 is 0 Å². The lowest BCUT2D eigenvalue weighted by Gasteiger charge is -2.07. The minimum absolute atomic E-state index is 0.0359. The van der Waals surface area contributed by atoms with Gasteiger partial charge in [0, 0.05) is 12.5 Å². The highest BCUT2D eigenvalue weighted by Crippen LogP contribution is 2.35. The third-order valence-electron chi connectivity index (χ3n) is 3.07. The largest absolute Gasteiger partial charge is 0.497 e. The molecule has 0 fully saturated rings. The van der Waals surface area contributed by atoms with Crippen molar-refractivity contribution < 1.29 is 14.3 Å². The number of benzene rings is 1. The lowest BCUT2D eigenvalue weighted by Crippen LogP contribution is -2.10. The van der Waals surface area contributed by atoms with Crippen LogP contribution in [0.2, 0.25) is 0 Å². The van der Waals surface area contributed by atoms with Crippen molar-refractivity contribution in [2.45, 2.75) is 26.2 Å². The molecule has 0 aliphatic heterocycles. The summed E-state index contributed by atoms with van der Waals surface area (Å²) in [5, 5.41) is 12.1. The zero-order valence-corrected chi connectivity index (χ0v) is 13.7. The molecule has 0 aliphatic carbocycles. The average molecular weight is 321 g/mol. The number of hydrogen-bond donors (Lipinski definition) is 1.